The van der Waals surface area contributed by atoms with Gasteiger partial charge in [-0.25, -0.2) is 0 Å². The van der Waals surface area contributed by atoms with E-state index in [1.54, 1.807) is 0 Å². The molecule has 0 aromatic carbocycles. The Morgan fingerprint density at radius 3 is 2.92 bits per heavy atom. The Hall–Kier alpha value is -0.120. The summed E-state index contributed by atoms with van der Waals surface area (Å²) in [4.78, 5) is 2.41. The molecule has 76 valence electrons. The van der Waals surface area contributed by atoms with Crippen molar-refractivity contribution in [1.82, 2.24) is 10.2 Å². The maximum atomic E-state index is 9.37. The highest BCUT2D eigenvalue weighted by atomic mass is 16.3. The lowest BCUT2D eigenvalue weighted by Crippen LogP contribution is -2.37. The van der Waals surface area contributed by atoms with Crippen LogP contribution in [0.25, 0.3) is 0 Å². The van der Waals surface area contributed by atoms with E-state index in [0.717, 1.165) is 25.4 Å². The van der Waals surface area contributed by atoms with E-state index in [0.29, 0.717) is 0 Å². The van der Waals surface area contributed by atoms with E-state index < -0.39 is 0 Å². The first-order valence-corrected chi connectivity index (χ1v) is 5.46. The molecule has 2 fully saturated rings. The average Bonchev–Trinajstić information content (AvgIpc) is 2.53. The first-order chi connectivity index (χ1) is 6.34. The number of aliphatic hydroxyl groups is 1. The van der Waals surface area contributed by atoms with Crippen LogP contribution in [0.4, 0.5) is 0 Å². The van der Waals surface area contributed by atoms with E-state index in [9.17, 15) is 5.11 Å². The Bertz CT molecular complexity index is 154. The minimum Gasteiger partial charge on any atom is -0.392 e. The van der Waals surface area contributed by atoms with Gasteiger partial charge in [-0.1, -0.05) is 0 Å². The van der Waals surface area contributed by atoms with Gasteiger partial charge in [-0.05, 0) is 38.3 Å². The Morgan fingerprint density at radius 1 is 1.38 bits per heavy atom. The molecule has 2 heterocycles. The minimum absolute atomic E-state index is 0.0588. The molecule has 0 aliphatic carbocycles. The first kappa shape index (κ1) is 9.44. The van der Waals surface area contributed by atoms with Crippen LogP contribution in [0.15, 0.2) is 0 Å². The van der Waals surface area contributed by atoms with Gasteiger partial charge in [-0.2, -0.15) is 0 Å². The van der Waals surface area contributed by atoms with Gasteiger partial charge >= 0.3 is 0 Å². The van der Waals surface area contributed by atoms with Crippen molar-refractivity contribution in [2.75, 3.05) is 32.7 Å². The normalized spacial score (nSPS) is 36.7. The van der Waals surface area contributed by atoms with Crippen molar-refractivity contribution in [1.29, 1.82) is 0 Å². The number of hydrogen-bond donors (Lipinski definition) is 2. The van der Waals surface area contributed by atoms with Gasteiger partial charge in [0.25, 0.3) is 0 Å². The maximum absolute atomic E-state index is 9.37. The van der Waals surface area contributed by atoms with Gasteiger partial charge in [0.05, 0.1) is 6.10 Å². The van der Waals surface area contributed by atoms with Crippen LogP contribution in [0.5, 0.6) is 0 Å². The Morgan fingerprint density at radius 2 is 2.31 bits per heavy atom. The van der Waals surface area contributed by atoms with Crippen molar-refractivity contribution in [3.05, 3.63) is 0 Å². The molecule has 0 aromatic rings. The molecule has 2 saturated heterocycles. The fourth-order valence-corrected chi connectivity index (χ4v) is 2.42. The topological polar surface area (TPSA) is 35.5 Å². The highest BCUT2D eigenvalue weighted by Crippen LogP contribution is 2.15. The molecule has 0 amide bonds. The van der Waals surface area contributed by atoms with Crippen LogP contribution in [0.2, 0.25) is 0 Å². The molecule has 0 radical (unpaired) electrons. The van der Waals surface area contributed by atoms with E-state index in [1.165, 1.54) is 32.5 Å². The van der Waals surface area contributed by atoms with Gasteiger partial charge in [0.2, 0.25) is 0 Å². The Labute approximate surface area is 80.1 Å². The summed E-state index contributed by atoms with van der Waals surface area (Å²) in [7, 11) is 0. The highest BCUT2D eigenvalue weighted by molar-refractivity contribution is 4.79. The zero-order valence-electron chi connectivity index (χ0n) is 8.21. The summed E-state index contributed by atoms with van der Waals surface area (Å²) >= 11 is 0. The molecule has 3 nitrogen and oxygen atoms in total. The van der Waals surface area contributed by atoms with Crippen LogP contribution in [-0.2, 0) is 0 Å². The van der Waals surface area contributed by atoms with Crippen LogP contribution in [0.3, 0.4) is 0 Å². The molecule has 2 unspecified atom stereocenters. The van der Waals surface area contributed by atoms with Crippen LogP contribution in [0.1, 0.15) is 19.3 Å². The molecule has 0 saturated carbocycles. The summed E-state index contributed by atoms with van der Waals surface area (Å²) in [5.41, 5.74) is 0. The molecular formula is C10H20N2O. The summed E-state index contributed by atoms with van der Waals surface area (Å²) in [6.45, 7) is 5.55. The number of rotatable bonds is 2. The number of β-amino-alcohol motifs (C(OH)–C–C–N with tert-alkyl or cyclic N) is 1. The third kappa shape index (κ3) is 2.66. The number of piperidine rings is 1. The lowest BCUT2D eigenvalue weighted by Gasteiger charge is -2.27. The molecule has 2 aliphatic rings. The van der Waals surface area contributed by atoms with E-state index in [1.807, 2.05) is 0 Å². The summed E-state index contributed by atoms with van der Waals surface area (Å²) in [6.07, 6.45) is 3.59. The van der Waals surface area contributed by atoms with E-state index >= 15 is 0 Å². The van der Waals surface area contributed by atoms with E-state index in [2.05, 4.69) is 10.2 Å². The average molecular weight is 184 g/mol. The van der Waals surface area contributed by atoms with Crippen molar-refractivity contribution in [2.24, 2.45) is 5.92 Å². The largest absolute Gasteiger partial charge is 0.392 e. The number of nitrogens with one attached hydrogen (secondary N) is 1. The second kappa shape index (κ2) is 4.40. The predicted octanol–water partition coefficient (Wildman–Crippen LogP) is 0.0526. The van der Waals surface area contributed by atoms with Gasteiger partial charge in [0, 0.05) is 19.6 Å². The third-order valence-electron chi connectivity index (χ3n) is 3.16. The third-order valence-corrected chi connectivity index (χ3v) is 3.16. The standard InChI is InChI=1S/C10H20N2O/c13-10-3-5-12(8-10)7-9-2-1-4-11-6-9/h9-11,13H,1-8H2. The van der Waals surface area contributed by atoms with Gasteiger partial charge in [-0.3, -0.25) is 0 Å². The lowest BCUT2D eigenvalue weighted by molar-refractivity contribution is 0.165. The van der Waals surface area contributed by atoms with Crippen molar-refractivity contribution >= 4 is 0 Å². The second-order valence-electron chi connectivity index (χ2n) is 4.41. The summed E-state index contributed by atoms with van der Waals surface area (Å²) in [5.74, 6) is 0.819. The summed E-state index contributed by atoms with van der Waals surface area (Å²) in [5, 5.41) is 12.8. The molecule has 2 aliphatic heterocycles. The number of aliphatic hydroxyl groups excluding tert-OH is 1. The monoisotopic (exact) mass is 184 g/mol. The predicted molar refractivity (Wildman–Crippen MR) is 52.7 cm³/mol. The molecule has 2 rings (SSSR count). The minimum atomic E-state index is -0.0588. The van der Waals surface area contributed by atoms with Crippen LogP contribution >= 0.6 is 0 Å². The number of hydrogen-bond acceptors (Lipinski definition) is 3. The molecule has 0 aromatic heterocycles. The zero-order chi connectivity index (χ0) is 9.10. The quantitative estimate of drug-likeness (QED) is 0.636. The summed E-state index contributed by atoms with van der Waals surface area (Å²) < 4.78 is 0. The van der Waals surface area contributed by atoms with E-state index in [4.69, 9.17) is 0 Å². The number of likely N-dealkylation sites (tertiary alicyclic amines) is 1. The van der Waals surface area contributed by atoms with Crippen molar-refractivity contribution in [2.45, 2.75) is 25.4 Å². The SMILES string of the molecule is OC1CCN(CC2CCCNC2)C1. The number of nitrogens with zero attached hydrogens (tertiary/aromatic N) is 1. The molecule has 0 bridgehead atoms. The summed E-state index contributed by atoms with van der Waals surface area (Å²) in [6, 6.07) is 0. The van der Waals surface area contributed by atoms with Crippen molar-refractivity contribution < 1.29 is 5.11 Å². The van der Waals surface area contributed by atoms with Crippen molar-refractivity contribution in [3.8, 4) is 0 Å². The fraction of sp³-hybridized carbons (Fsp3) is 1.00. The van der Waals surface area contributed by atoms with Crippen LogP contribution in [0, 0.1) is 5.92 Å². The fourth-order valence-electron chi connectivity index (χ4n) is 2.42. The molecular weight excluding hydrogens is 164 g/mol. The second-order valence-corrected chi connectivity index (χ2v) is 4.41. The van der Waals surface area contributed by atoms with Crippen molar-refractivity contribution in [3.63, 3.8) is 0 Å². The lowest BCUT2D eigenvalue weighted by atomic mass is 9.99. The van der Waals surface area contributed by atoms with Gasteiger partial charge < -0.3 is 15.3 Å². The molecule has 3 heteroatoms. The molecule has 2 N–H and O–H groups in total. The first-order valence-electron chi connectivity index (χ1n) is 5.46. The van der Waals surface area contributed by atoms with Crippen LogP contribution < -0.4 is 5.32 Å². The van der Waals surface area contributed by atoms with Crippen LogP contribution in [-0.4, -0.2) is 48.8 Å². The van der Waals surface area contributed by atoms with Gasteiger partial charge in [0.1, 0.15) is 0 Å². The Kier molecular flexibility index (Phi) is 3.19. The zero-order valence-corrected chi connectivity index (χ0v) is 8.21. The van der Waals surface area contributed by atoms with E-state index in [-0.39, 0.29) is 6.10 Å². The maximum Gasteiger partial charge on any atom is 0.0679 e. The molecule has 2 atom stereocenters. The van der Waals surface area contributed by atoms with Gasteiger partial charge in [0.15, 0.2) is 0 Å². The van der Waals surface area contributed by atoms with Gasteiger partial charge in [-0.15, -0.1) is 0 Å². The molecule has 0 spiro atoms. The highest BCUT2D eigenvalue weighted by Gasteiger charge is 2.23. The Balaban J connectivity index is 1.71. The smallest absolute Gasteiger partial charge is 0.0679 e. The molecule has 13 heavy (non-hydrogen) atoms.